The van der Waals surface area contributed by atoms with Gasteiger partial charge in [-0.05, 0) is 30.9 Å². The molecule has 0 radical (unpaired) electrons. The Hall–Kier alpha value is -1.55. The quantitative estimate of drug-likeness (QED) is 0.872. The Bertz CT molecular complexity index is 457. The van der Waals surface area contributed by atoms with Crippen molar-refractivity contribution in [3.63, 3.8) is 0 Å². The molecule has 0 spiro atoms. The summed E-state index contributed by atoms with van der Waals surface area (Å²) in [7, 11) is 0. The molecule has 1 fully saturated rings. The maximum atomic E-state index is 11.7. The first kappa shape index (κ1) is 11.5. The number of para-hydroxylation sites is 2. The largest absolute Gasteiger partial charge is 0.387 e. The van der Waals surface area contributed by atoms with Crippen LogP contribution in [0.2, 0.25) is 0 Å². The van der Waals surface area contributed by atoms with Crippen molar-refractivity contribution in [2.45, 2.75) is 12.8 Å². The highest BCUT2D eigenvalue weighted by atomic mass is 16.3. The van der Waals surface area contributed by atoms with Crippen LogP contribution in [0.3, 0.4) is 0 Å². The maximum absolute atomic E-state index is 11.7. The van der Waals surface area contributed by atoms with E-state index in [-0.39, 0.29) is 5.91 Å². The molecule has 2 aliphatic rings. The zero-order valence-corrected chi connectivity index (χ0v) is 10.4. The minimum Gasteiger partial charge on any atom is -0.387 e. The molecule has 1 aliphatic carbocycles. The molecular formula is C14H18N2O2. The number of hydrogen-bond acceptors (Lipinski definition) is 3. The van der Waals surface area contributed by atoms with E-state index < -0.39 is 6.61 Å². The molecule has 0 unspecified atom stereocenters. The normalized spacial score (nSPS) is 18.7. The van der Waals surface area contributed by atoms with Gasteiger partial charge in [0.25, 0.3) is 5.91 Å². The van der Waals surface area contributed by atoms with Crippen LogP contribution in [0.4, 0.5) is 11.4 Å². The second-order valence-electron chi connectivity index (χ2n) is 5.08. The number of amides is 1. The van der Waals surface area contributed by atoms with E-state index in [1.54, 1.807) is 4.90 Å². The first-order chi connectivity index (χ1) is 8.79. The van der Waals surface area contributed by atoms with E-state index in [9.17, 15) is 4.79 Å². The van der Waals surface area contributed by atoms with Crippen LogP contribution in [0.15, 0.2) is 24.3 Å². The molecule has 18 heavy (non-hydrogen) atoms. The molecule has 3 rings (SSSR count). The van der Waals surface area contributed by atoms with E-state index in [1.807, 2.05) is 18.2 Å². The number of anilines is 2. The number of fused-ring (bicyclic) bond motifs is 1. The van der Waals surface area contributed by atoms with Gasteiger partial charge in [0.15, 0.2) is 0 Å². The summed E-state index contributed by atoms with van der Waals surface area (Å²) < 4.78 is 0. The number of aliphatic hydroxyl groups is 1. The highest BCUT2D eigenvalue weighted by Gasteiger charge is 2.30. The molecule has 4 heteroatoms. The summed E-state index contributed by atoms with van der Waals surface area (Å²) in [5.74, 6) is 0.617. The topological polar surface area (TPSA) is 43.8 Å². The molecule has 1 aromatic carbocycles. The number of benzene rings is 1. The Kier molecular flexibility index (Phi) is 2.96. The standard InChI is InChI=1S/C14H18N2O2/c17-10-14(18)16-8-7-15(9-11-5-6-11)12-3-1-2-4-13(12)16/h1-4,11,17H,5-10H2. The first-order valence-corrected chi connectivity index (χ1v) is 6.55. The van der Waals surface area contributed by atoms with E-state index in [0.29, 0.717) is 6.54 Å². The highest BCUT2D eigenvalue weighted by Crippen LogP contribution is 2.37. The SMILES string of the molecule is O=C(CO)N1CCN(CC2CC2)c2ccccc21. The lowest BCUT2D eigenvalue weighted by Gasteiger charge is -2.37. The van der Waals surface area contributed by atoms with Crippen molar-refractivity contribution in [3.05, 3.63) is 24.3 Å². The van der Waals surface area contributed by atoms with Crippen molar-refractivity contribution >= 4 is 17.3 Å². The van der Waals surface area contributed by atoms with Crippen LogP contribution in [0.25, 0.3) is 0 Å². The zero-order chi connectivity index (χ0) is 12.5. The molecule has 1 aliphatic heterocycles. The van der Waals surface area contributed by atoms with E-state index >= 15 is 0 Å². The fourth-order valence-corrected chi connectivity index (χ4v) is 2.57. The lowest BCUT2D eigenvalue weighted by atomic mass is 10.1. The lowest BCUT2D eigenvalue weighted by molar-refractivity contribution is -0.121. The summed E-state index contributed by atoms with van der Waals surface area (Å²) in [4.78, 5) is 15.8. The fraction of sp³-hybridized carbons (Fsp3) is 0.500. The third kappa shape index (κ3) is 2.08. The maximum Gasteiger partial charge on any atom is 0.252 e. The summed E-state index contributed by atoms with van der Waals surface area (Å²) in [5.41, 5.74) is 2.06. The van der Waals surface area contributed by atoms with E-state index in [4.69, 9.17) is 5.11 Å². The third-order valence-electron chi connectivity index (χ3n) is 3.72. The third-order valence-corrected chi connectivity index (χ3v) is 3.72. The van der Waals surface area contributed by atoms with Crippen molar-refractivity contribution in [2.75, 3.05) is 36.0 Å². The van der Waals surface area contributed by atoms with Gasteiger partial charge in [-0.25, -0.2) is 0 Å². The monoisotopic (exact) mass is 246 g/mol. The summed E-state index contributed by atoms with van der Waals surface area (Å²) in [6.45, 7) is 2.21. The molecule has 1 aromatic rings. The Labute approximate surface area is 107 Å². The summed E-state index contributed by atoms with van der Waals surface area (Å²) in [5, 5.41) is 9.03. The van der Waals surface area contributed by atoms with Gasteiger partial charge in [-0.3, -0.25) is 4.79 Å². The average molecular weight is 246 g/mol. The van der Waals surface area contributed by atoms with Gasteiger partial charge < -0.3 is 14.9 Å². The van der Waals surface area contributed by atoms with Gasteiger partial charge in [0.1, 0.15) is 6.61 Å². The summed E-state index contributed by atoms with van der Waals surface area (Å²) in [6.07, 6.45) is 2.66. The molecule has 1 N–H and O–H groups in total. The van der Waals surface area contributed by atoms with Crippen molar-refractivity contribution in [1.82, 2.24) is 0 Å². The van der Waals surface area contributed by atoms with E-state index in [2.05, 4.69) is 11.0 Å². The van der Waals surface area contributed by atoms with Gasteiger partial charge in [-0.15, -0.1) is 0 Å². The summed E-state index contributed by atoms with van der Waals surface area (Å²) in [6, 6.07) is 7.97. The van der Waals surface area contributed by atoms with Gasteiger partial charge in [-0.1, -0.05) is 12.1 Å². The van der Waals surface area contributed by atoms with Crippen LogP contribution >= 0.6 is 0 Å². The van der Waals surface area contributed by atoms with Crippen molar-refractivity contribution < 1.29 is 9.90 Å². The highest BCUT2D eigenvalue weighted by molar-refractivity contribution is 5.98. The number of nitrogens with zero attached hydrogens (tertiary/aromatic N) is 2. The number of carbonyl (C=O) groups excluding carboxylic acids is 1. The minimum atomic E-state index is -0.420. The molecule has 1 amide bonds. The number of rotatable bonds is 3. The molecule has 4 nitrogen and oxygen atoms in total. The fourth-order valence-electron chi connectivity index (χ4n) is 2.57. The van der Waals surface area contributed by atoms with Crippen molar-refractivity contribution in [1.29, 1.82) is 0 Å². The van der Waals surface area contributed by atoms with Crippen LogP contribution in [-0.4, -0.2) is 37.3 Å². The molecule has 1 heterocycles. The molecule has 0 saturated heterocycles. The Balaban J connectivity index is 1.89. The molecular weight excluding hydrogens is 228 g/mol. The Morgan fingerprint density at radius 2 is 1.94 bits per heavy atom. The van der Waals surface area contributed by atoms with Crippen LogP contribution < -0.4 is 9.80 Å². The second-order valence-corrected chi connectivity index (χ2v) is 5.08. The Morgan fingerprint density at radius 3 is 2.61 bits per heavy atom. The van der Waals surface area contributed by atoms with Crippen molar-refractivity contribution in [2.24, 2.45) is 5.92 Å². The van der Waals surface area contributed by atoms with Crippen molar-refractivity contribution in [3.8, 4) is 0 Å². The Morgan fingerprint density at radius 1 is 1.22 bits per heavy atom. The van der Waals surface area contributed by atoms with Crippen LogP contribution in [-0.2, 0) is 4.79 Å². The smallest absolute Gasteiger partial charge is 0.252 e. The second kappa shape index (κ2) is 4.61. The molecule has 0 bridgehead atoms. The predicted molar refractivity (Wildman–Crippen MR) is 70.8 cm³/mol. The van der Waals surface area contributed by atoms with E-state index in [1.165, 1.54) is 12.8 Å². The molecule has 0 aromatic heterocycles. The molecule has 0 atom stereocenters. The van der Waals surface area contributed by atoms with E-state index in [0.717, 1.165) is 30.4 Å². The van der Waals surface area contributed by atoms with Gasteiger partial charge in [0.2, 0.25) is 0 Å². The van der Waals surface area contributed by atoms with Gasteiger partial charge in [0, 0.05) is 19.6 Å². The molecule has 1 saturated carbocycles. The number of carbonyl (C=O) groups is 1. The lowest BCUT2D eigenvalue weighted by Crippen LogP contribution is -2.45. The number of aliphatic hydroxyl groups excluding tert-OH is 1. The van der Waals surface area contributed by atoms with Gasteiger partial charge >= 0.3 is 0 Å². The van der Waals surface area contributed by atoms with Crippen LogP contribution in [0.1, 0.15) is 12.8 Å². The first-order valence-electron chi connectivity index (χ1n) is 6.55. The molecule has 96 valence electrons. The van der Waals surface area contributed by atoms with Gasteiger partial charge in [-0.2, -0.15) is 0 Å². The minimum absolute atomic E-state index is 0.214. The van der Waals surface area contributed by atoms with Gasteiger partial charge in [0.05, 0.1) is 11.4 Å². The number of hydrogen-bond donors (Lipinski definition) is 1. The zero-order valence-electron chi connectivity index (χ0n) is 10.4. The predicted octanol–water partition coefficient (Wildman–Crippen LogP) is 1.24. The van der Waals surface area contributed by atoms with Crippen LogP contribution in [0, 0.1) is 5.92 Å². The summed E-state index contributed by atoms with van der Waals surface area (Å²) >= 11 is 0. The average Bonchev–Trinajstić information content (AvgIpc) is 3.22. The van der Waals surface area contributed by atoms with Crippen LogP contribution in [0.5, 0.6) is 0 Å².